The minimum atomic E-state index is -3.36. The van der Waals surface area contributed by atoms with Crippen LogP contribution < -0.4 is 0 Å². The van der Waals surface area contributed by atoms with Gasteiger partial charge in [-0.15, -0.1) is 0 Å². The van der Waals surface area contributed by atoms with Crippen LogP contribution >= 0.6 is 0 Å². The number of amides is 1. The number of ether oxygens (including phenoxy) is 2. The maximum absolute atomic E-state index is 13.7. The van der Waals surface area contributed by atoms with Gasteiger partial charge in [0.05, 0.1) is 19.5 Å². The molecule has 6 nitrogen and oxygen atoms in total. The quantitative estimate of drug-likeness (QED) is 0.839. The number of piperidine rings is 1. The van der Waals surface area contributed by atoms with Crippen molar-refractivity contribution < 1.29 is 33.0 Å². The van der Waals surface area contributed by atoms with E-state index in [1.807, 2.05) is 0 Å². The molecule has 1 aliphatic heterocycles. The molecule has 1 atom stereocenters. The van der Waals surface area contributed by atoms with Crippen molar-refractivity contribution in [3.05, 3.63) is 0 Å². The molecule has 0 bridgehead atoms. The van der Waals surface area contributed by atoms with E-state index in [4.69, 9.17) is 14.6 Å². The van der Waals surface area contributed by atoms with Gasteiger partial charge < -0.3 is 14.6 Å². The maximum atomic E-state index is 13.7. The molecule has 0 spiro atoms. The molecule has 0 aromatic rings. The van der Waals surface area contributed by atoms with Crippen molar-refractivity contribution in [1.29, 1.82) is 0 Å². The number of aliphatic carboxylic acids is 1. The van der Waals surface area contributed by atoms with Crippen LogP contribution in [0.2, 0.25) is 0 Å². The first kappa shape index (κ1) is 16.6. The summed E-state index contributed by atoms with van der Waals surface area (Å²) in [6.07, 6.45) is -1.97. The summed E-state index contributed by atoms with van der Waals surface area (Å²) in [5.74, 6) is -4.89. The standard InChI is InChI=1S/C12H19F2NO5/c1-10(2,3)20-9(18)15-6-11(19-4,8(16)17)5-12(13,14)7-15/h5-7H2,1-4H3,(H,16,17). The molecular weight excluding hydrogens is 276 g/mol. The number of methoxy groups -OCH3 is 1. The summed E-state index contributed by atoms with van der Waals surface area (Å²) in [6.45, 7) is 3.40. The lowest BCUT2D eigenvalue weighted by Gasteiger charge is -2.42. The van der Waals surface area contributed by atoms with Gasteiger partial charge in [0.2, 0.25) is 0 Å². The fourth-order valence-corrected chi connectivity index (χ4v) is 2.00. The monoisotopic (exact) mass is 295 g/mol. The predicted molar refractivity (Wildman–Crippen MR) is 64.7 cm³/mol. The van der Waals surface area contributed by atoms with Crippen molar-refractivity contribution in [3.63, 3.8) is 0 Å². The van der Waals surface area contributed by atoms with Crippen molar-refractivity contribution in [2.24, 2.45) is 0 Å². The van der Waals surface area contributed by atoms with E-state index in [1.54, 1.807) is 20.8 Å². The third-order valence-electron chi connectivity index (χ3n) is 2.84. The summed E-state index contributed by atoms with van der Waals surface area (Å²) in [5, 5.41) is 9.12. The second-order valence-electron chi connectivity index (χ2n) is 5.87. The van der Waals surface area contributed by atoms with Crippen LogP contribution in [0.15, 0.2) is 0 Å². The van der Waals surface area contributed by atoms with Crippen molar-refractivity contribution in [2.75, 3.05) is 20.2 Å². The molecule has 20 heavy (non-hydrogen) atoms. The van der Waals surface area contributed by atoms with Gasteiger partial charge in [0.25, 0.3) is 5.92 Å². The molecule has 1 heterocycles. The van der Waals surface area contributed by atoms with E-state index < -0.39 is 48.7 Å². The van der Waals surface area contributed by atoms with Crippen LogP contribution in [0.25, 0.3) is 0 Å². The van der Waals surface area contributed by atoms with Gasteiger partial charge in [0.15, 0.2) is 5.60 Å². The van der Waals surface area contributed by atoms with E-state index in [0.717, 1.165) is 7.11 Å². The fourth-order valence-electron chi connectivity index (χ4n) is 2.00. The first-order valence-electron chi connectivity index (χ1n) is 6.05. The fraction of sp³-hybridized carbons (Fsp3) is 0.833. The van der Waals surface area contributed by atoms with Crippen LogP contribution in [0.5, 0.6) is 0 Å². The van der Waals surface area contributed by atoms with Crippen LogP contribution in [0.1, 0.15) is 27.2 Å². The Balaban J connectivity index is 2.99. The Morgan fingerprint density at radius 3 is 2.20 bits per heavy atom. The number of alkyl halides is 2. The van der Waals surface area contributed by atoms with Crippen LogP contribution in [-0.4, -0.2) is 59.4 Å². The van der Waals surface area contributed by atoms with Gasteiger partial charge in [0.1, 0.15) is 5.60 Å². The number of carboxylic acid groups (broad SMARTS) is 1. The number of rotatable bonds is 2. The molecule has 116 valence electrons. The molecule has 1 rings (SSSR count). The summed E-state index contributed by atoms with van der Waals surface area (Å²) in [6, 6.07) is 0. The first-order valence-corrected chi connectivity index (χ1v) is 6.05. The number of likely N-dealkylation sites (tertiary alicyclic amines) is 1. The minimum Gasteiger partial charge on any atom is -0.479 e. The largest absolute Gasteiger partial charge is 0.479 e. The molecule has 0 saturated carbocycles. The van der Waals surface area contributed by atoms with Crippen molar-refractivity contribution in [3.8, 4) is 0 Å². The number of nitrogens with zero attached hydrogens (tertiary/aromatic N) is 1. The van der Waals surface area contributed by atoms with Crippen LogP contribution in [0.3, 0.4) is 0 Å². The topological polar surface area (TPSA) is 76.1 Å². The summed E-state index contributed by atoms with van der Waals surface area (Å²) in [7, 11) is 1.03. The number of halogens is 2. The highest BCUT2D eigenvalue weighted by atomic mass is 19.3. The van der Waals surface area contributed by atoms with Gasteiger partial charge in [-0.05, 0) is 20.8 Å². The van der Waals surface area contributed by atoms with E-state index in [1.165, 1.54) is 0 Å². The molecule has 1 aliphatic rings. The Kier molecular flexibility index (Phi) is 4.28. The normalized spacial score (nSPS) is 26.2. The lowest BCUT2D eigenvalue weighted by molar-refractivity contribution is -0.192. The minimum absolute atomic E-state index is 0.483. The second-order valence-corrected chi connectivity index (χ2v) is 5.87. The summed E-state index contributed by atoms with van der Waals surface area (Å²) < 4.78 is 37.1. The number of hydrogen-bond acceptors (Lipinski definition) is 4. The van der Waals surface area contributed by atoms with Crippen molar-refractivity contribution >= 4 is 12.1 Å². The zero-order valence-electron chi connectivity index (χ0n) is 11.9. The highest BCUT2D eigenvalue weighted by molar-refractivity contribution is 5.80. The summed E-state index contributed by atoms with van der Waals surface area (Å²) in [5.41, 5.74) is -2.98. The van der Waals surface area contributed by atoms with Gasteiger partial charge in [-0.1, -0.05) is 0 Å². The zero-order valence-corrected chi connectivity index (χ0v) is 11.9. The van der Waals surface area contributed by atoms with Gasteiger partial charge in [-0.3, -0.25) is 4.90 Å². The number of carbonyl (C=O) groups excluding carboxylic acids is 1. The van der Waals surface area contributed by atoms with Gasteiger partial charge in [0, 0.05) is 7.11 Å². The van der Waals surface area contributed by atoms with Crippen LogP contribution in [-0.2, 0) is 14.3 Å². The summed E-state index contributed by atoms with van der Waals surface area (Å²) in [4.78, 5) is 23.7. The third-order valence-corrected chi connectivity index (χ3v) is 2.84. The van der Waals surface area contributed by atoms with E-state index in [0.29, 0.717) is 4.90 Å². The Morgan fingerprint density at radius 1 is 1.25 bits per heavy atom. The molecule has 1 N–H and O–H groups in total. The number of carboxylic acids is 1. The molecule has 1 fully saturated rings. The second kappa shape index (κ2) is 5.16. The molecule has 0 aromatic carbocycles. The van der Waals surface area contributed by atoms with Crippen LogP contribution in [0.4, 0.5) is 13.6 Å². The van der Waals surface area contributed by atoms with E-state index in [9.17, 15) is 18.4 Å². The van der Waals surface area contributed by atoms with Crippen molar-refractivity contribution in [2.45, 2.75) is 44.3 Å². The Hall–Kier alpha value is -1.44. The molecular formula is C12H19F2NO5. The average molecular weight is 295 g/mol. The van der Waals surface area contributed by atoms with Gasteiger partial charge in [-0.25, -0.2) is 18.4 Å². The SMILES string of the molecule is COC1(C(=O)O)CN(C(=O)OC(C)(C)C)CC(F)(F)C1. The smallest absolute Gasteiger partial charge is 0.410 e. The Bertz CT molecular complexity index is 407. The number of hydrogen-bond donors (Lipinski definition) is 1. The zero-order chi connectivity index (χ0) is 15.8. The molecule has 1 amide bonds. The van der Waals surface area contributed by atoms with E-state index in [-0.39, 0.29) is 0 Å². The average Bonchev–Trinajstić information content (AvgIpc) is 2.24. The van der Waals surface area contributed by atoms with Crippen LogP contribution in [0, 0.1) is 0 Å². The highest BCUT2D eigenvalue weighted by Crippen LogP contribution is 2.36. The molecule has 1 saturated heterocycles. The summed E-state index contributed by atoms with van der Waals surface area (Å²) >= 11 is 0. The highest BCUT2D eigenvalue weighted by Gasteiger charge is 2.55. The lowest BCUT2D eigenvalue weighted by Crippen LogP contribution is -2.62. The maximum Gasteiger partial charge on any atom is 0.410 e. The lowest BCUT2D eigenvalue weighted by atomic mass is 9.90. The molecule has 8 heteroatoms. The Labute approximate surface area is 115 Å². The number of carbonyl (C=O) groups is 2. The van der Waals surface area contributed by atoms with Gasteiger partial charge in [-0.2, -0.15) is 0 Å². The molecule has 0 aromatic heterocycles. The van der Waals surface area contributed by atoms with Crippen molar-refractivity contribution in [1.82, 2.24) is 4.90 Å². The Morgan fingerprint density at radius 2 is 1.80 bits per heavy atom. The molecule has 1 unspecified atom stereocenters. The van der Waals surface area contributed by atoms with E-state index in [2.05, 4.69) is 0 Å². The third kappa shape index (κ3) is 3.78. The van der Waals surface area contributed by atoms with Gasteiger partial charge >= 0.3 is 12.1 Å². The predicted octanol–water partition coefficient (Wildman–Crippen LogP) is 1.73. The molecule has 0 aliphatic carbocycles. The van der Waals surface area contributed by atoms with E-state index >= 15 is 0 Å². The first-order chi connectivity index (χ1) is 8.91. The molecule has 0 radical (unpaired) electrons.